The molecule has 0 aromatic heterocycles. The molecule has 18 heavy (non-hydrogen) atoms. The first-order valence-electron chi connectivity index (χ1n) is 7.06. The lowest BCUT2D eigenvalue weighted by atomic mass is 9.96. The van der Waals surface area contributed by atoms with Gasteiger partial charge in [0.1, 0.15) is 0 Å². The number of carbonyl (C=O) groups is 1. The predicted molar refractivity (Wildman–Crippen MR) is 72.0 cm³/mol. The number of amides is 2. The van der Waals surface area contributed by atoms with Gasteiger partial charge in [-0.1, -0.05) is 33.1 Å². The van der Waals surface area contributed by atoms with E-state index in [-0.39, 0.29) is 6.03 Å². The first-order valence-corrected chi connectivity index (χ1v) is 7.06. The topological polar surface area (TPSA) is 56.1 Å². The van der Waals surface area contributed by atoms with Crippen LogP contribution in [0.4, 0.5) is 4.79 Å². The molecule has 0 aromatic rings. The van der Waals surface area contributed by atoms with Crippen molar-refractivity contribution in [1.82, 2.24) is 10.2 Å². The number of hydrogen-bond donors (Lipinski definition) is 1. The fraction of sp³-hybridized carbons (Fsp3) is 0.857. The van der Waals surface area contributed by atoms with Gasteiger partial charge in [0, 0.05) is 19.1 Å². The molecule has 0 bridgehead atoms. The second kappa shape index (κ2) is 7.97. The van der Waals surface area contributed by atoms with Gasteiger partial charge in [0.2, 0.25) is 0 Å². The van der Waals surface area contributed by atoms with Crippen LogP contribution >= 0.6 is 0 Å². The van der Waals surface area contributed by atoms with Crippen LogP contribution in [0.25, 0.3) is 0 Å². The summed E-state index contributed by atoms with van der Waals surface area (Å²) in [4.78, 5) is 13.9. The van der Waals surface area contributed by atoms with Crippen molar-refractivity contribution in [3.05, 3.63) is 0 Å². The van der Waals surface area contributed by atoms with Gasteiger partial charge in [-0.3, -0.25) is 0 Å². The molecule has 1 aliphatic rings. The molecule has 1 rings (SSSR count). The standard InChI is InChI=1S/C14H25N3O/c1-12(2)11-17(10-6-9-15)14(18)16-13-7-4-3-5-8-13/h12-13H,3-8,10-11H2,1-2H3,(H,16,18). The molecule has 2 amide bonds. The predicted octanol–water partition coefficient (Wildman–Crippen LogP) is 2.90. The lowest BCUT2D eigenvalue weighted by molar-refractivity contribution is 0.184. The number of rotatable bonds is 5. The summed E-state index contributed by atoms with van der Waals surface area (Å²) in [5.74, 6) is 0.431. The summed E-state index contributed by atoms with van der Waals surface area (Å²) in [7, 11) is 0. The molecule has 4 heteroatoms. The molecule has 0 spiro atoms. The van der Waals surface area contributed by atoms with Crippen molar-refractivity contribution < 1.29 is 4.79 Å². The van der Waals surface area contributed by atoms with Crippen LogP contribution in [0.15, 0.2) is 0 Å². The number of nitriles is 1. The van der Waals surface area contributed by atoms with E-state index in [2.05, 4.69) is 25.2 Å². The number of nitrogens with one attached hydrogen (secondary N) is 1. The van der Waals surface area contributed by atoms with Crippen LogP contribution < -0.4 is 5.32 Å². The molecule has 0 atom stereocenters. The Morgan fingerprint density at radius 2 is 2.06 bits per heavy atom. The third-order valence-electron chi connectivity index (χ3n) is 3.30. The Hall–Kier alpha value is -1.24. The van der Waals surface area contributed by atoms with E-state index in [9.17, 15) is 4.79 Å². The number of hydrogen-bond acceptors (Lipinski definition) is 2. The Balaban J connectivity index is 2.44. The third kappa shape index (κ3) is 5.39. The molecule has 1 aliphatic carbocycles. The number of urea groups is 1. The Kier molecular flexibility index (Phi) is 6.56. The highest BCUT2D eigenvalue weighted by atomic mass is 16.2. The average Bonchev–Trinajstić information content (AvgIpc) is 2.35. The van der Waals surface area contributed by atoms with Gasteiger partial charge in [0.15, 0.2) is 0 Å². The molecule has 0 unspecified atom stereocenters. The molecule has 4 nitrogen and oxygen atoms in total. The van der Waals surface area contributed by atoms with Crippen LogP contribution in [0.2, 0.25) is 0 Å². The summed E-state index contributed by atoms with van der Waals surface area (Å²) in [6.45, 7) is 5.44. The second-order valence-electron chi connectivity index (χ2n) is 5.53. The van der Waals surface area contributed by atoms with E-state index >= 15 is 0 Å². The molecular formula is C14H25N3O. The zero-order valence-electron chi connectivity index (χ0n) is 11.6. The SMILES string of the molecule is CC(C)CN(CCC#N)C(=O)NC1CCCCC1. The van der Waals surface area contributed by atoms with E-state index in [1.807, 2.05) is 0 Å². The Labute approximate surface area is 110 Å². The maximum atomic E-state index is 12.2. The van der Waals surface area contributed by atoms with Crippen molar-refractivity contribution in [2.45, 2.75) is 58.4 Å². The third-order valence-corrected chi connectivity index (χ3v) is 3.30. The molecule has 0 radical (unpaired) electrons. The van der Waals surface area contributed by atoms with Crippen molar-refractivity contribution in [2.75, 3.05) is 13.1 Å². The zero-order valence-corrected chi connectivity index (χ0v) is 11.6. The van der Waals surface area contributed by atoms with Crippen LogP contribution in [-0.4, -0.2) is 30.1 Å². The fourth-order valence-corrected chi connectivity index (χ4v) is 2.41. The summed E-state index contributed by atoms with van der Waals surface area (Å²) in [6, 6.07) is 2.45. The minimum absolute atomic E-state index is 0.00542. The minimum Gasteiger partial charge on any atom is -0.335 e. The summed E-state index contributed by atoms with van der Waals surface area (Å²) < 4.78 is 0. The fourth-order valence-electron chi connectivity index (χ4n) is 2.41. The smallest absolute Gasteiger partial charge is 0.317 e. The van der Waals surface area contributed by atoms with Gasteiger partial charge < -0.3 is 10.2 Å². The van der Waals surface area contributed by atoms with Gasteiger partial charge in [0.25, 0.3) is 0 Å². The average molecular weight is 251 g/mol. The molecular weight excluding hydrogens is 226 g/mol. The molecule has 1 N–H and O–H groups in total. The van der Waals surface area contributed by atoms with E-state index in [1.165, 1.54) is 19.3 Å². The highest BCUT2D eigenvalue weighted by molar-refractivity contribution is 5.74. The van der Waals surface area contributed by atoms with Gasteiger partial charge >= 0.3 is 6.03 Å². The first-order chi connectivity index (χ1) is 8.63. The summed E-state index contributed by atoms with van der Waals surface area (Å²) in [6.07, 6.45) is 6.32. The molecule has 1 saturated carbocycles. The maximum Gasteiger partial charge on any atom is 0.317 e. The van der Waals surface area contributed by atoms with Crippen molar-refractivity contribution in [3.63, 3.8) is 0 Å². The van der Waals surface area contributed by atoms with Crippen LogP contribution in [0.5, 0.6) is 0 Å². The quantitative estimate of drug-likeness (QED) is 0.816. The Morgan fingerprint density at radius 3 is 2.61 bits per heavy atom. The van der Waals surface area contributed by atoms with Crippen molar-refractivity contribution in [1.29, 1.82) is 5.26 Å². The summed E-state index contributed by atoms with van der Waals surface area (Å²) in [5, 5.41) is 11.8. The summed E-state index contributed by atoms with van der Waals surface area (Å²) >= 11 is 0. The minimum atomic E-state index is 0.00542. The number of carbonyl (C=O) groups excluding carboxylic acids is 1. The van der Waals surface area contributed by atoms with Gasteiger partial charge in [-0.05, 0) is 18.8 Å². The molecule has 0 aliphatic heterocycles. The van der Waals surface area contributed by atoms with Crippen LogP contribution in [0, 0.1) is 17.2 Å². The summed E-state index contributed by atoms with van der Waals surface area (Å²) in [5.41, 5.74) is 0. The van der Waals surface area contributed by atoms with E-state index in [0.717, 1.165) is 19.4 Å². The Morgan fingerprint density at radius 1 is 1.39 bits per heavy atom. The van der Waals surface area contributed by atoms with E-state index < -0.39 is 0 Å². The van der Waals surface area contributed by atoms with Gasteiger partial charge in [0.05, 0.1) is 12.5 Å². The second-order valence-corrected chi connectivity index (χ2v) is 5.53. The lowest BCUT2D eigenvalue weighted by Crippen LogP contribution is -2.47. The van der Waals surface area contributed by atoms with Gasteiger partial charge in [-0.15, -0.1) is 0 Å². The maximum absolute atomic E-state index is 12.2. The largest absolute Gasteiger partial charge is 0.335 e. The van der Waals surface area contributed by atoms with Crippen molar-refractivity contribution in [3.8, 4) is 6.07 Å². The molecule has 0 saturated heterocycles. The molecule has 102 valence electrons. The highest BCUT2D eigenvalue weighted by Crippen LogP contribution is 2.17. The van der Waals surface area contributed by atoms with Gasteiger partial charge in [-0.2, -0.15) is 5.26 Å². The number of nitrogens with zero attached hydrogens (tertiary/aromatic N) is 2. The van der Waals surface area contributed by atoms with Gasteiger partial charge in [-0.25, -0.2) is 4.79 Å². The van der Waals surface area contributed by atoms with E-state index in [0.29, 0.717) is 24.9 Å². The zero-order chi connectivity index (χ0) is 13.4. The Bertz CT molecular complexity index is 290. The van der Waals surface area contributed by atoms with Crippen LogP contribution in [0.1, 0.15) is 52.4 Å². The van der Waals surface area contributed by atoms with E-state index in [4.69, 9.17) is 5.26 Å². The monoisotopic (exact) mass is 251 g/mol. The highest BCUT2D eigenvalue weighted by Gasteiger charge is 2.20. The van der Waals surface area contributed by atoms with Crippen LogP contribution in [0.3, 0.4) is 0 Å². The van der Waals surface area contributed by atoms with E-state index in [1.54, 1.807) is 4.90 Å². The normalized spacial score (nSPS) is 16.3. The van der Waals surface area contributed by atoms with Crippen molar-refractivity contribution in [2.24, 2.45) is 5.92 Å². The molecule has 0 heterocycles. The van der Waals surface area contributed by atoms with Crippen molar-refractivity contribution >= 4 is 6.03 Å². The lowest BCUT2D eigenvalue weighted by Gasteiger charge is -2.29. The first kappa shape index (κ1) is 14.8. The van der Waals surface area contributed by atoms with Crippen LogP contribution in [-0.2, 0) is 0 Å². The molecule has 1 fully saturated rings. The molecule has 0 aromatic carbocycles.